The van der Waals surface area contributed by atoms with Crippen molar-refractivity contribution in [2.24, 2.45) is 0 Å². The van der Waals surface area contributed by atoms with Crippen LogP contribution in [0.3, 0.4) is 0 Å². The van der Waals surface area contributed by atoms with E-state index >= 15 is 0 Å². The second-order valence-corrected chi connectivity index (χ2v) is 3.57. The second kappa shape index (κ2) is 4.47. The van der Waals surface area contributed by atoms with Crippen molar-refractivity contribution in [3.8, 4) is 0 Å². The van der Waals surface area contributed by atoms with E-state index < -0.39 is 0 Å². The third-order valence-corrected chi connectivity index (χ3v) is 2.46. The first-order valence-electron chi connectivity index (χ1n) is 5.28. The van der Waals surface area contributed by atoms with Crippen molar-refractivity contribution < 1.29 is 4.74 Å². The van der Waals surface area contributed by atoms with Crippen LogP contribution in [0.1, 0.15) is 31.4 Å². The van der Waals surface area contributed by atoms with E-state index in [0.717, 1.165) is 26.0 Å². The highest BCUT2D eigenvalue weighted by Crippen LogP contribution is 2.31. The van der Waals surface area contributed by atoms with E-state index in [1.165, 1.54) is 11.3 Å². The quantitative estimate of drug-likeness (QED) is 0.791. The first-order chi connectivity index (χ1) is 6.92. The van der Waals surface area contributed by atoms with Gasteiger partial charge in [0.05, 0.1) is 6.10 Å². The summed E-state index contributed by atoms with van der Waals surface area (Å²) in [7, 11) is 0. The molecule has 0 spiro atoms. The molecule has 0 aromatic heterocycles. The van der Waals surface area contributed by atoms with Crippen LogP contribution in [0.4, 0.5) is 5.69 Å². The van der Waals surface area contributed by atoms with Gasteiger partial charge in [-0.3, -0.25) is 0 Å². The molecule has 1 radical (unpaired) electrons. The Morgan fingerprint density at radius 3 is 3.43 bits per heavy atom. The Labute approximate surface area is 85.3 Å². The van der Waals surface area contributed by atoms with Crippen molar-refractivity contribution >= 4 is 5.69 Å². The number of rotatable bonds is 3. The number of benzene rings is 1. The standard InChI is InChI=1S/C12H16NO/c1-2-9-14-12-7-8-13-11-6-4-3-5-10(11)12/h3-4,6,12-13H,2,7-9H2,1H3. The molecule has 1 aliphatic rings. The summed E-state index contributed by atoms with van der Waals surface area (Å²) in [4.78, 5) is 0. The average Bonchev–Trinajstić information content (AvgIpc) is 2.26. The fraction of sp³-hybridized carbons (Fsp3) is 0.500. The van der Waals surface area contributed by atoms with Crippen LogP contribution >= 0.6 is 0 Å². The van der Waals surface area contributed by atoms with Crippen molar-refractivity contribution in [3.05, 3.63) is 29.8 Å². The number of hydrogen-bond acceptors (Lipinski definition) is 2. The highest BCUT2D eigenvalue weighted by molar-refractivity contribution is 5.53. The van der Waals surface area contributed by atoms with Gasteiger partial charge in [-0.1, -0.05) is 19.1 Å². The van der Waals surface area contributed by atoms with Crippen molar-refractivity contribution in [1.82, 2.24) is 0 Å². The first-order valence-corrected chi connectivity index (χ1v) is 5.28. The topological polar surface area (TPSA) is 21.3 Å². The molecular formula is C12H16NO. The lowest BCUT2D eigenvalue weighted by atomic mass is 10.0. The van der Waals surface area contributed by atoms with E-state index in [9.17, 15) is 0 Å². The minimum absolute atomic E-state index is 0.243. The molecule has 0 fully saturated rings. The van der Waals surface area contributed by atoms with Crippen LogP contribution in [0.25, 0.3) is 0 Å². The summed E-state index contributed by atoms with van der Waals surface area (Å²) >= 11 is 0. The molecule has 0 saturated carbocycles. The first kappa shape index (κ1) is 9.53. The largest absolute Gasteiger partial charge is 0.385 e. The zero-order valence-electron chi connectivity index (χ0n) is 8.55. The van der Waals surface area contributed by atoms with Gasteiger partial charge in [-0.25, -0.2) is 0 Å². The maximum absolute atomic E-state index is 5.79. The summed E-state index contributed by atoms with van der Waals surface area (Å²) in [6, 6.07) is 9.31. The number of fused-ring (bicyclic) bond motifs is 1. The van der Waals surface area contributed by atoms with Gasteiger partial charge >= 0.3 is 0 Å². The highest BCUT2D eigenvalue weighted by atomic mass is 16.5. The predicted molar refractivity (Wildman–Crippen MR) is 57.4 cm³/mol. The van der Waals surface area contributed by atoms with Crippen LogP contribution in [0.2, 0.25) is 0 Å². The van der Waals surface area contributed by atoms with E-state index in [2.05, 4.69) is 24.4 Å². The maximum Gasteiger partial charge on any atom is 0.0867 e. The molecule has 2 heteroatoms. The normalized spacial score (nSPS) is 19.9. The van der Waals surface area contributed by atoms with E-state index in [1.54, 1.807) is 0 Å². The van der Waals surface area contributed by atoms with Crippen LogP contribution in [-0.4, -0.2) is 13.2 Å². The Hall–Kier alpha value is -1.02. The minimum atomic E-state index is 0.243. The molecule has 0 saturated heterocycles. The number of ether oxygens (including phenoxy) is 1. The lowest BCUT2D eigenvalue weighted by Gasteiger charge is -2.26. The minimum Gasteiger partial charge on any atom is -0.385 e. The van der Waals surface area contributed by atoms with Gasteiger partial charge in [0.1, 0.15) is 0 Å². The lowest BCUT2D eigenvalue weighted by Crippen LogP contribution is -2.19. The van der Waals surface area contributed by atoms with E-state index in [0.29, 0.717) is 0 Å². The molecule has 1 N–H and O–H groups in total. The molecule has 1 atom stereocenters. The fourth-order valence-electron chi connectivity index (χ4n) is 1.78. The molecule has 0 amide bonds. The fourth-order valence-corrected chi connectivity index (χ4v) is 1.78. The molecule has 75 valence electrons. The Bertz CT molecular complexity index is 298. The Balaban J connectivity index is 2.14. The van der Waals surface area contributed by atoms with E-state index in [1.807, 2.05) is 12.1 Å². The van der Waals surface area contributed by atoms with Gasteiger partial charge in [0.15, 0.2) is 0 Å². The van der Waals surface area contributed by atoms with Gasteiger partial charge in [0.25, 0.3) is 0 Å². The molecule has 0 aliphatic carbocycles. The zero-order valence-corrected chi connectivity index (χ0v) is 8.55. The van der Waals surface area contributed by atoms with Gasteiger partial charge in [-0.2, -0.15) is 0 Å². The zero-order chi connectivity index (χ0) is 9.80. The average molecular weight is 190 g/mol. The summed E-state index contributed by atoms with van der Waals surface area (Å²) in [6.45, 7) is 3.97. The summed E-state index contributed by atoms with van der Waals surface area (Å²) < 4.78 is 5.79. The number of anilines is 1. The molecule has 14 heavy (non-hydrogen) atoms. The molecule has 1 aromatic rings. The van der Waals surface area contributed by atoms with Gasteiger partial charge < -0.3 is 10.1 Å². The Kier molecular flexibility index (Phi) is 3.04. The summed E-state index contributed by atoms with van der Waals surface area (Å²) in [5, 5.41) is 3.36. The van der Waals surface area contributed by atoms with Gasteiger partial charge in [0, 0.05) is 24.4 Å². The Morgan fingerprint density at radius 2 is 2.57 bits per heavy atom. The summed E-state index contributed by atoms with van der Waals surface area (Å²) in [5.41, 5.74) is 2.37. The van der Waals surface area contributed by atoms with Crippen LogP contribution in [0.5, 0.6) is 0 Å². The smallest absolute Gasteiger partial charge is 0.0867 e. The van der Waals surface area contributed by atoms with E-state index in [-0.39, 0.29) is 6.10 Å². The SMILES string of the molecule is CCCOC1CCNc2ccc[c]c21. The van der Waals surface area contributed by atoms with Gasteiger partial charge in [-0.15, -0.1) is 0 Å². The van der Waals surface area contributed by atoms with Crippen molar-refractivity contribution in [2.75, 3.05) is 18.5 Å². The van der Waals surface area contributed by atoms with Crippen LogP contribution < -0.4 is 5.32 Å². The molecule has 1 aromatic carbocycles. The molecule has 1 heterocycles. The Morgan fingerprint density at radius 1 is 1.64 bits per heavy atom. The monoisotopic (exact) mass is 190 g/mol. The van der Waals surface area contributed by atoms with Crippen LogP contribution in [0.15, 0.2) is 18.2 Å². The van der Waals surface area contributed by atoms with Crippen LogP contribution in [-0.2, 0) is 4.74 Å². The molecule has 1 unspecified atom stereocenters. The molecule has 0 bridgehead atoms. The number of hydrogen-bond donors (Lipinski definition) is 1. The van der Waals surface area contributed by atoms with Crippen molar-refractivity contribution in [3.63, 3.8) is 0 Å². The lowest BCUT2D eigenvalue weighted by molar-refractivity contribution is 0.0475. The second-order valence-electron chi connectivity index (χ2n) is 3.57. The summed E-state index contributed by atoms with van der Waals surface area (Å²) in [5.74, 6) is 0. The molecule has 2 rings (SSSR count). The van der Waals surface area contributed by atoms with Gasteiger partial charge in [0.2, 0.25) is 0 Å². The molecule has 2 nitrogen and oxygen atoms in total. The van der Waals surface area contributed by atoms with Gasteiger partial charge in [-0.05, 0) is 25.0 Å². The maximum atomic E-state index is 5.79. The van der Waals surface area contributed by atoms with Crippen LogP contribution in [0, 0.1) is 6.07 Å². The summed E-state index contributed by atoms with van der Waals surface area (Å²) in [6.07, 6.45) is 2.37. The van der Waals surface area contributed by atoms with Crippen molar-refractivity contribution in [2.45, 2.75) is 25.9 Å². The predicted octanol–water partition coefficient (Wildman–Crippen LogP) is 2.77. The highest BCUT2D eigenvalue weighted by Gasteiger charge is 2.19. The van der Waals surface area contributed by atoms with Crippen molar-refractivity contribution in [1.29, 1.82) is 0 Å². The third kappa shape index (κ3) is 1.90. The third-order valence-electron chi connectivity index (χ3n) is 2.46. The van der Waals surface area contributed by atoms with E-state index in [4.69, 9.17) is 4.74 Å². The molecule has 1 aliphatic heterocycles. The molecular weight excluding hydrogens is 174 g/mol. The number of nitrogens with one attached hydrogen (secondary N) is 1.